The van der Waals surface area contributed by atoms with Crippen molar-refractivity contribution in [1.29, 1.82) is 0 Å². The summed E-state index contributed by atoms with van der Waals surface area (Å²) in [6, 6.07) is 64.7. The fourth-order valence-corrected chi connectivity index (χ4v) is 8.03. The monoisotopic (exact) mass is 680 g/mol. The molecular formula is C49H32N2O2. The lowest BCUT2D eigenvalue weighted by molar-refractivity contribution is 0.263. The summed E-state index contributed by atoms with van der Waals surface area (Å²) in [4.78, 5) is 2.36. The van der Waals surface area contributed by atoms with Gasteiger partial charge in [0.1, 0.15) is 11.2 Å². The van der Waals surface area contributed by atoms with Crippen molar-refractivity contribution in [2.24, 2.45) is 0 Å². The molecule has 1 N–H and O–H groups in total. The lowest BCUT2D eigenvalue weighted by atomic mass is 9.99. The highest BCUT2D eigenvalue weighted by atomic mass is 16.5. The largest absolute Gasteiger partial charge is 0.464 e. The van der Waals surface area contributed by atoms with E-state index in [1.807, 2.05) is 18.2 Å². The summed E-state index contributed by atoms with van der Waals surface area (Å²) in [5.41, 5.74) is 9.46. The molecule has 4 nitrogen and oxygen atoms in total. The van der Waals surface area contributed by atoms with Gasteiger partial charge in [0.15, 0.2) is 12.0 Å². The number of fused-ring (bicyclic) bond motifs is 9. The van der Waals surface area contributed by atoms with Gasteiger partial charge in [-0.25, -0.2) is 0 Å². The van der Waals surface area contributed by atoms with Gasteiger partial charge in [0.25, 0.3) is 0 Å². The van der Waals surface area contributed by atoms with Crippen molar-refractivity contribution in [1.82, 2.24) is 0 Å². The molecule has 0 amide bonds. The maximum atomic E-state index is 6.72. The van der Waals surface area contributed by atoms with Gasteiger partial charge in [-0.1, -0.05) is 121 Å². The molecule has 0 spiro atoms. The smallest absolute Gasteiger partial charge is 0.196 e. The predicted octanol–water partition coefficient (Wildman–Crippen LogP) is 13.7. The quantitative estimate of drug-likeness (QED) is 0.184. The van der Waals surface area contributed by atoms with E-state index in [9.17, 15) is 0 Å². The van der Waals surface area contributed by atoms with E-state index in [4.69, 9.17) is 9.15 Å². The third kappa shape index (κ3) is 4.91. The normalized spacial score (nSPS) is 13.8. The van der Waals surface area contributed by atoms with E-state index in [2.05, 4.69) is 174 Å². The molecule has 0 saturated carbocycles. The fourth-order valence-electron chi connectivity index (χ4n) is 8.03. The molecule has 250 valence electrons. The van der Waals surface area contributed by atoms with Crippen LogP contribution in [0.4, 0.5) is 22.7 Å². The van der Waals surface area contributed by atoms with E-state index in [0.717, 1.165) is 77.5 Å². The van der Waals surface area contributed by atoms with E-state index >= 15 is 0 Å². The summed E-state index contributed by atoms with van der Waals surface area (Å²) in [5.74, 6) is 0.886. The highest BCUT2D eigenvalue weighted by Gasteiger charge is 2.26. The average molecular weight is 681 g/mol. The molecule has 2 heterocycles. The number of anilines is 4. The van der Waals surface area contributed by atoms with E-state index in [1.165, 1.54) is 21.9 Å². The Balaban J connectivity index is 1.10. The average Bonchev–Trinajstić information content (AvgIpc) is 3.83. The van der Waals surface area contributed by atoms with Crippen LogP contribution in [0, 0.1) is 0 Å². The molecule has 0 radical (unpaired) electrons. The number of para-hydroxylation sites is 1. The molecule has 1 aliphatic heterocycles. The van der Waals surface area contributed by atoms with Gasteiger partial charge in [0.2, 0.25) is 0 Å². The molecule has 1 unspecified atom stereocenters. The van der Waals surface area contributed by atoms with Gasteiger partial charge < -0.3 is 19.4 Å². The van der Waals surface area contributed by atoms with Crippen molar-refractivity contribution >= 4 is 77.0 Å². The van der Waals surface area contributed by atoms with E-state index in [0.29, 0.717) is 0 Å². The third-order valence-corrected chi connectivity index (χ3v) is 10.6. The molecule has 10 aromatic rings. The molecule has 4 heteroatoms. The van der Waals surface area contributed by atoms with Crippen molar-refractivity contribution in [2.45, 2.75) is 6.23 Å². The Hall–Kier alpha value is -7.04. The highest BCUT2D eigenvalue weighted by molar-refractivity contribution is 6.14. The number of benzene rings is 9. The van der Waals surface area contributed by atoms with E-state index in [-0.39, 0.29) is 6.23 Å². The molecular weight excluding hydrogens is 649 g/mol. The number of nitrogens with one attached hydrogen (secondary N) is 1. The Kier molecular flexibility index (Phi) is 6.58. The molecule has 0 saturated heterocycles. The molecule has 1 atom stereocenters. The second-order valence-electron chi connectivity index (χ2n) is 13.8. The topological polar surface area (TPSA) is 37.6 Å². The minimum Gasteiger partial charge on any atom is -0.464 e. The Bertz CT molecular complexity index is 3020. The second kappa shape index (κ2) is 11.8. The van der Waals surface area contributed by atoms with Crippen molar-refractivity contribution < 1.29 is 9.15 Å². The Morgan fingerprint density at radius 2 is 1.06 bits per heavy atom. The van der Waals surface area contributed by atoms with Crippen LogP contribution in [0.25, 0.3) is 65.4 Å². The zero-order chi connectivity index (χ0) is 34.9. The Labute approximate surface area is 306 Å². The van der Waals surface area contributed by atoms with Crippen LogP contribution in [0.5, 0.6) is 5.75 Å². The van der Waals surface area contributed by atoms with Gasteiger partial charge in [-0.05, 0) is 98.7 Å². The molecule has 53 heavy (non-hydrogen) atoms. The van der Waals surface area contributed by atoms with Crippen LogP contribution in [0.1, 0.15) is 11.8 Å². The number of furan rings is 1. The van der Waals surface area contributed by atoms with Crippen LogP contribution in [0.2, 0.25) is 0 Å². The minimum atomic E-state index is -0.247. The van der Waals surface area contributed by atoms with Gasteiger partial charge in [0, 0.05) is 38.8 Å². The fraction of sp³-hybridized carbons (Fsp3) is 0.0204. The molecule has 0 bridgehead atoms. The molecule has 9 aromatic carbocycles. The van der Waals surface area contributed by atoms with Gasteiger partial charge >= 0.3 is 0 Å². The van der Waals surface area contributed by atoms with Crippen molar-refractivity contribution in [3.63, 3.8) is 0 Å². The summed E-state index contributed by atoms with van der Waals surface area (Å²) in [6.45, 7) is 0. The summed E-state index contributed by atoms with van der Waals surface area (Å²) < 4.78 is 13.0. The molecule has 0 aliphatic carbocycles. The number of hydrogen-bond donors (Lipinski definition) is 1. The standard InChI is InChI=1S/C49H32N2O2/c1-3-9-31(10-4-1)35-17-18-37-28-38(23-20-36(37)27-35)51(40-24-26-46-43(30-40)41-13-7-8-14-45(41)52-46)39-22-19-32-15-16-33-21-25-44-48(47(33)42(32)29-39)53-49(50-44)34-11-5-2-6-12-34/h1-30,49-50H. The van der Waals surface area contributed by atoms with Crippen LogP contribution in [0.3, 0.4) is 0 Å². The first kappa shape index (κ1) is 29.7. The van der Waals surface area contributed by atoms with Gasteiger partial charge in [-0.2, -0.15) is 0 Å². The minimum absolute atomic E-state index is 0.247. The molecule has 11 rings (SSSR count). The Morgan fingerprint density at radius 3 is 1.92 bits per heavy atom. The summed E-state index contributed by atoms with van der Waals surface area (Å²) in [7, 11) is 0. The highest BCUT2D eigenvalue weighted by Crippen LogP contribution is 2.47. The van der Waals surface area contributed by atoms with Gasteiger partial charge in [0.05, 0.1) is 5.69 Å². The second-order valence-corrected chi connectivity index (χ2v) is 13.8. The molecule has 1 aliphatic rings. The van der Waals surface area contributed by atoms with E-state index < -0.39 is 0 Å². The molecule has 0 fully saturated rings. The third-order valence-electron chi connectivity index (χ3n) is 10.6. The van der Waals surface area contributed by atoms with Crippen molar-refractivity contribution in [3.05, 3.63) is 188 Å². The van der Waals surface area contributed by atoms with Gasteiger partial charge in [-0.3, -0.25) is 0 Å². The van der Waals surface area contributed by atoms with E-state index in [1.54, 1.807) is 0 Å². The summed E-state index contributed by atoms with van der Waals surface area (Å²) in [5, 5.41) is 12.7. The number of hydrogen-bond acceptors (Lipinski definition) is 4. The zero-order valence-corrected chi connectivity index (χ0v) is 28.7. The number of nitrogens with zero attached hydrogens (tertiary/aromatic N) is 1. The SMILES string of the molecule is c1ccc(-c2ccc3cc(N(c4ccc5oc6ccccc6c5c4)c4ccc5ccc6ccc7c(c6c5c4)OC(c4ccccc4)N7)ccc3c2)cc1. The van der Waals surface area contributed by atoms with Crippen LogP contribution in [-0.2, 0) is 0 Å². The maximum absolute atomic E-state index is 6.72. The summed E-state index contributed by atoms with van der Waals surface area (Å²) >= 11 is 0. The van der Waals surface area contributed by atoms with Crippen LogP contribution < -0.4 is 15.0 Å². The lowest BCUT2D eigenvalue weighted by Crippen LogP contribution is -2.10. The Morgan fingerprint density at radius 1 is 0.434 bits per heavy atom. The maximum Gasteiger partial charge on any atom is 0.196 e. The predicted molar refractivity (Wildman–Crippen MR) is 220 cm³/mol. The van der Waals surface area contributed by atoms with Crippen LogP contribution in [-0.4, -0.2) is 0 Å². The van der Waals surface area contributed by atoms with Crippen molar-refractivity contribution in [3.8, 4) is 16.9 Å². The first-order valence-electron chi connectivity index (χ1n) is 18.0. The van der Waals surface area contributed by atoms with Crippen molar-refractivity contribution in [2.75, 3.05) is 10.2 Å². The lowest BCUT2D eigenvalue weighted by Gasteiger charge is -2.26. The zero-order valence-electron chi connectivity index (χ0n) is 28.7. The van der Waals surface area contributed by atoms with Crippen LogP contribution >= 0.6 is 0 Å². The first-order valence-corrected chi connectivity index (χ1v) is 18.0. The first-order chi connectivity index (χ1) is 26.2. The molecule has 1 aromatic heterocycles. The number of rotatable bonds is 5. The van der Waals surface area contributed by atoms with Crippen LogP contribution in [0.15, 0.2) is 186 Å². The number of ether oxygens (including phenoxy) is 1. The van der Waals surface area contributed by atoms with Gasteiger partial charge in [-0.15, -0.1) is 0 Å². The summed E-state index contributed by atoms with van der Waals surface area (Å²) in [6.07, 6.45) is -0.247.